The van der Waals surface area contributed by atoms with Gasteiger partial charge in [-0.15, -0.1) is 0 Å². The van der Waals surface area contributed by atoms with Crippen molar-refractivity contribution in [1.82, 2.24) is 4.90 Å². The molecule has 0 spiro atoms. The van der Waals surface area contributed by atoms with Gasteiger partial charge < -0.3 is 15.7 Å². The van der Waals surface area contributed by atoms with Crippen LogP contribution < -0.4 is 5.73 Å². The summed E-state index contributed by atoms with van der Waals surface area (Å²) in [5.41, 5.74) is 5.98. The van der Waals surface area contributed by atoms with Gasteiger partial charge in [0.1, 0.15) is 0 Å². The molecule has 2 rings (SSSR count). The van der Waals surface area contributed by atoms with Crippen molar-refractivity contribution in [3.8, 4) is 0 Å². The summed E-state index contributed by atoms with van der Waals surface area (Å²) in [4.78, 5) is 14.8. The zero-order valence-electron chi connectivity index (χ0n) is 12.1. The van der Waals surface area contributed by atoms with Crippen molar-refractivity contribution in [1.29, 1.82) is 0 Å². The maximum atomic E-state index is 12.7. The number of carbonyl (C=O) groups is 1. The van der Waals surface area contributed by atoms with Gasteiger partial charge in [0.05, 0.1) is 0 Å². The predicted octanol–water partition coefficient (Wildman–Crippen LogP) is 1.51. The average molecular weight is 268 g/mol. The molecule has 0 radical (unpaired) electrons. The van der Waals surface area contributed by atoms with Gasteiger partial charge in [-0.3, -0.25) is 4.79 Å². The molecule has 1 saturated heterocycles. The van der Waals surface area contributed by atoms with Crippen LogP contribution in [0.2, 0.25) is 0 Å². The molecule has 110 valence electrons. The normalized spacial score (nSPS) is 35.6. The number of aliphatic hydroxyl groups is 1. The highest BCUT2D eigenvalue weighted by Gasteiger charge is 2.37. The van der Waals surface area contributed by atoms with Crippen molar-refractivity contribution in [3.05, 3.63) is 0 Å². The van der Waals surface area contributed by atoms with Crippen molar-refractivity contribution in [2.45, 2.75) is 64.0 Å². The molecule has 0 bridgehead atoms. The smallest absolute Gasteiger partial charge is 0.226 e. The number of rotatable bonds is 4. The number of hydrogen-bond donors (Lipinski definition) is 2. The SMILES string of the molecule is CC1CC(N)CCC1C(=O)N1CCCC1CCCO. The molecular formula is C15H28N2O2. The van der Waals surface area contributed by atoms with Crippen LogP contribution >= 0.6 is 0 Å². The molecule has 4 atom stereocenters. The van der Waals surface area contributed by atoms with E-state index in [1.54, 1.807) is 0 Å². The molecule has 4 unspecified atom stereocenters. The van der Waals surface area contributed by atoms with Gasteiger partial charge in [-0.05, 0) is 50.9 Å². The van der Waals surface area contributed by atoms with Crippen LogP contribution in [0.5, 0.6) is 0 Å². The topological polar surface area (TPSA) is 66.6 Å². The Morgan fingerprint density at radius 1 is 1.37 bits per heavy atom. The summed E-state index contributed by atoms with van der Waals surface area (Å²) >= 11 is 0. The van der Waals surface area contributed by atoms with Gasteiger partial charge in [-0.2, -0.15) is 0 Å². The van der Waals surface area contributed by atoms with Crippen LogP contribution in [0, 0.1) is 11.8 Å². The monoisotopic (exact) mass is 268 g/mol. The zero-order valence-corrected chi connectivity index (χ0v) is 12.1. The summed E-state index contributed by atoms with van der Waals surface area (Å²) in [5.74, 6) is 0.935. The summed E-state index contributed by atoms with van der Waals surface area (Å²) in [6.45, 7) is 3.30. The second-order valence-corrected chi connectivity index (χ2v) is 6.35. The summed E-state index contributed by atoms with van der Waals surface area (Å²) in [6, 6.07) is 0.644. The standard InChI is InChI=1S/C15H28N2O2/c1-11-10-12(16)6-7-14(11)15(19)17-8-2-4-13(17)5-3-9-18/h11-14,18H,2-10,16H2,1H3. The fourth-order valence-corrected chi connectivity index (χ4v) is 3.77. The van der Waals surface area contributed by atoms with Gasteiger partial charge in [0.2, 0.25) is 5.91 Å². The Morgan fingerprint density at radius 2 is 2.16 bits per heavy atom. The lowest BCUT2D eigenvalue weighted by Crippen LogP contribution is -2.45. The third-order valence-corrected chi connectivity index (χ3v) is 4.88. The first-order valence-electron chi connectivity index (χ1n) is 7.80. The first-order chi connectivity index (χ1) is 9.13. The predicted molar refractivity (Wildman–Crippen MR) is 75.5 cm³/mol. The number of amides is 1. The molecule has 2 aliphatic rings. The van der Waals surface area contributed by atoms with Gasteiger partial charge in [-0.1, -0.05) is 6.92 Å². The number of hydrogen-bond acceptors (Lipinski definition) is 3. The number of likely N-dealkylation sites (tertiary alicyclic amines) is 1. The van der Waals surface area contributed by atoms with Crippen molar-refractivity contribution >= 4 is 5.91 Å². The van der Waals surface area contributed by atoms with Crippen LogP contribution in [0.15, 0.2) is 0 Å². The lowest BCUT2D eigenvalue weighted by Gasteiger charge is -2.36. The number of nitrogens with two attached hydrogens (primary N) is 1. The van der Waals surface area contributed by atoms with E-state index >= 15 is 0 Å². The van der Waals surface area contributed by atoms with Gasteiger partial charge in [0.15, 0.2) is 0 Å². The Bertz CT molecular complexity index is 309. The molecule has 1 saturated carbocycles. The van der Waals surface area contributed by atoms with E-state index in [4.69, 9.17) is 10.8 Å². The Hall–Kier alpha value is -0.610. The Morgan fingerprint density at radius 3 is 2.84 bits per heavy atom. The zero-order chi connectivity index (χ0) is 13.8. The van der Waals surface area contributed by atoms with Crippen LogP contribution in [0.1, 0.15) is 51.9 Å². The van der Waals surface area contributed by atoms with E-state index in [2.05, 4.69) is 11.8 Å². The van der Waals surface area contributed by atoms with E-state index in [9.17, 15) is 4.79 Å². The molecule has 0 aromatic heterocycles. The van der Waals surface area contributed by atoms with E-state index in [0.717, 1.165) is 51.5 Å². The molecule has 1 heterocycles. The third kappa shape index (κ3) is 3.48. The largest absolute Gasteiger partial charge is 0.396 e. The molecule has 1 aliphatic heterocycles. The van der Waals surface area contributed by atoms with Crippen LogP contribution in [-0.2, 0) is 4.79 Å². The maximum absolute atomic E-state index is 12.7. The van der Waals surface area contributed by atoms with Gasteiger partial charge in [0, 0.05) is 31.2 Å². The maximum Gasteiger partial charge on any atom is 0.226 e. The first kappa shape index (κ1) is 14.8. The van der Waals surface area contributed by atoms with Gasteiger partial charge in [0.25, 0.3) is 0 Å². The second kappa shape index (κ2) is 6.71. The van der Waals surface area contributed by atoms with E-state index in [1.165, 1.54) is 0 Å². The molecule has 4 nitrogen and oxygen atoms in total. The van der Waals surface area contributed by atoms with E-state index < -0.39 is 0 Å². The molecule has 2 fully saturated rings. The summed E-state index contributed by atoms with van der Waals surface area (Å²) in [5, 5.41) is 8.95. The lowest BCUT2D eigenvalue weighted by molar-refractivity contribution is -0.139. The number of nitrogens with zero attached hydrogens (tertiary/aromatic N) is 1. The molecule has 1 amide bonds. The van der Waals surface area contributed by atoms with E-state index in [-0.39, 0.29) is 18.6 Å². The lowest BCUT2D eigenvalue weighted by atomic mass is 9.77. The molecule has 0 aromatic rings. The number of aliphatic hydroxyl groups excluding tert-OH is 1. The van der Waals surface area contributed by atoms with E-state index in [0.29, 0.717) is 17.9 Å². The minimum Gasteiger partial charge on any atom is -0.396 e. The van der Waals surface area contributed by atoms with Crippen molar-refractivity contribution < 1.29 is 9.90 Å². The molecule has 19 heavy (non-hydrogen) atoms. The minimum absolute atomic E-state index is 0.175. The van der Waals surface area contributed by atoms with Crippen molar-refractivity contribution in [3.63, 3.8) is 0 Å². The molecule has 1 aliphatic carbocycles. The fourth-order valence-electron chi connectivity index (χ4n) is 3.77. The molecular weight excluding hydrogens is 240 g/mol. The van der Waals surface area contributed by atoms with Crippen LogP contribution in [0.4, 0.5) is 0 Å². The van der Waals surface area contributed by atoms with Crippen LogP contribution in [0.3, 0.4) is 0 Å². The Kier molecular flexibility index (Phi) is 5.22. The van der Waals surface area contributed by atoms with Crippen LogP contribution in [0.25, 0.3) is 0 Å². The van der Waals surface area contributed by atoms with Crippen LogP contribution in [-0.4, -0.2) is 41.1 Å². The van der Waals surface area contributed by atoms with Crippen molar-refractivity contribution in [2.75, 3.05) is 13.2 Å². The summed E-state index contributed by atoms with van der Waals surface area (Å²) in [7, 11) is 0. The third-order valence-electron chi connectivity index (χ3n) is 4.88. The highest BCUT2D eigenvalue weighted by molar-refractivity contribution is 5.79. The number of carbonyl (C=O) groups excluding carboxylic acids is 1. The van der Waals surface area contributed by atoms with Gasteiger partial charge in [-0.25, -0.2) is 0 Å². The Labute approximate surface area is 116 Å². The highest BCUT2D eigenvalue weighted by Crippen LogP contribution is 2.33. The summed E-state index contributed by atoms with van der Waals surface area (Å²) < 4.78 is 0. The second-order valence-electron chi connectivity index (χ2n) is 6.35. The average Bonchev–Trinajstić information content (AvgIpc) is 2.83. The molecule has 3 N–H and O–H groups in total. The minimum atomic E-state index is 0.175. The summed E-state index contributed by atoms with van der Waals surface area (Å²) in [6.07, 6.45) is 6.88. The fraction of sp³-hybridized carbons (Fsp3) is 0.933. The molecule has 4 heteroatoms. The van der Waals surface area contributed by atoms with Gasteiger partial charge >= 0.3 is 0 Å². The van der Waals surface area contributed by atoms with Crippen molar-refractivity contribution in [2.24, 2.45) is 17.6 Å². The van der Waals surface area contributed by atoms with E-state index in [1.807, 2.05) is 0 Å². The first-order valence-corrected chi connectivity index (χ1v) is 7.80. The Balaban J connectivity index is 1.94. The highest BCUT2D eigenvalue weighted by atomic mass is 16.3. The molecule has 0 aromatic carbocycles. The quantitative estimate of drug-likeness (QED) is 0.812.